The second-order valence-corrected chi connectivity index (χ2v) is 7.56. The predicted molar refractivity (Wildman–Crippen MR) is 101 cm³/mol. The molecule has 0 spiro atoms. The molecule has 0 aliphatic carbocycles. The molecule has 1 aromatic rings. The first-order valence-electron chi connectivity index (χ1n) is 9.52. The monoisotopic (exact) mass is 328 g/mol. The Morgan fingerprint density at radius 1 is 1.12 bits per heavy atom. The summed E-state index contributed by atoms with van der Waals surface area (Å²) in [6.07, 6.45) is 4.88. The largest absolute Gasteiger partial charge is 0.370 e. The number of aliphatic imine (C=N–C) groups is 1. The molecule has 2 saturated heterocycles. The highest BCUT2D eigenvalue weighted by Crippen LogP contribution is 2.18. The van der Waals surface area contributed by atoms with E-state index < -0.39 is 0 Å². The van der Waals surface area contributed by atoms with Crippen molar-refractivity contribution in [2.75, 3.05) is 39.3 Å². The van der Waals surface area contributed by atoms with Crippen LogP contribution in [-0.2, 0) is 6.42 Å². The van der Waals surface area contributed by atoms with E-state index in [1.54, 1.807) is 0 Å². The fraction of sp³-hybridized carbons (Fsp3) is 0.650. The third-order valence-corrected chi connectivity index (χ3v) is 5.55. The number of likely N-dealkylation sites (tertiary alicyclic amines) is 2. The van der Waals surface area contributed by atoms with Gasteiger partial charge in [0.25, 0.3) is 0 Å². The van der Waals surface area contributed by atoms with Crippen LogP contribution in [-0.4, -0.2) is 55.0 Å². The lowest BCUT2D eigenvalue weighted by molar-refractivity contribution is 0.277. The molecule has 132 valence electrons. The maximum atomic E-state index is 6.20. The first-order chi connectivity index (χ1) is 11.7. The first kappa shape index (κ1) is 17.3. The van der Waals surface area contributed by atoms with Gasteiger partial charge in [0.1, 0.15) is 0 Å². The highest BCUT2D eigenvalue weighted by molar-refractivity contribution is 5.78. The molecular formula is C20H32N4. The van der Waals surface area contributed by atoms with Crippen molar-refractivity contribution in [3.8, 4) is 0 Å². The zero-order valence-corrected chi connectivity index (χ0v) is 15.0. The van der Waals surface area contributed by atoms with Gasteiger partial charge in [-0.3, -0.25) is 4.99 Å². The SMILES string of the molecule is CC1CCN(C(N)=NCC2CCN(CCc3ccccc3)C2)CC1. The smallest absolute Gasteiger partial charge is 0.191 e. The number of rotatable bonds is 5. The molecule has 0 aromatic heterocycles. The van der Waals surface area contributed by atoms with Crippen molar-refractivity contribution in [1.82, 2.24) is 9.80 Å². The standard InChI is InChI=1S/C20H32N4/c1-17-7-13-24(14-8-17)20(21)22-15-19-10-12-23(16-19)11-9-18-5-3-2-4-6-18/h2-6,17,19H,7-16H2,1H3,(H2,21,22). The Morgan fingerprint density at radius 2 is 1.88 bits per heavy atom. The minimum Gasteiger partial charge on any atom is -0.370 e. The molecule has 1 atom stereocenters. The van der Waals surface area contributed by atoms with Gasteiger partial charge < -0.3 is 15.5 Å². The van der Waals surface area contributed by atoms with Gasteiger partial charge in [0.15, 0.2) is 5.96 Å². The van der Waals surface area contributed by atoms with Crippen molar-refractivity contribution in [1.29, 1.82) is 0 Å². The highest BCUT2D eigenvalue weighted by atomic mass is 15.3. The van der Waals surface area contributed by atoms with E-state index in [-0.39, 0.29) is 0 Å². The van der Waals surface area contributed by atoms with E-state index in [0.717, 1.165) is 44.5 Å². The molecule has 0 radical (unpaired) electrons. The summed E-state index contributed by atoms with van der Waals surface area (Å²) in [4.78, 5) is 9.54. The van der Waals surface area contributed by atoms with Crippen LogP contribution in [0.5, 0.6) is 0 Å². The summed E-state index contributed by atoms with van der Waals surface area (Å²) in [5, 5.41) is 0. The Hall–Kier alpha value is -1.55. The molecule has 2 aliphatic rings. The van der Waals surface area contributed by atoms with Crippen molar-refractivity contribution in [2.24, 2.45) is 22.6 Å². The topological polar surface area (TPSA) is 44.9 Å². The van der Waals surface area contributed by atoms with Crippen molar-refractivity contribution in [3.63, 3.8) is 0 Å². The van der Waals surface area contributed by atoms with Crippen molar-refractivity contribution >= 4 is 5.96 Å². The Morgan fingerprint density at radius 3 is 2.62 bits per heavy atom. The van der Waals surface area contributed by atoms with Crippen LogP contribution in [0.4, 0.5) is 0 Å². The summed E-state index contributed by atoms with van der Waals surface area (Å²) in [6.45, 7) is 8.89. The van der Waals surface area contributed by atoms with Crippen LogP contribution in [0, 0.1) is 11.8 Å². The summed E-state index contributed by atoms with van der Waals surface area (Å²) >= 11 is 0. The van der Waals surface area contributed by atoms with Gasteiger partial charge in [-0.2, -0.15) is 0 Å². The Labute approximate surface area is 146 Å². The van der Waals surface area contributed by atoms with Crippen molar-refractivity contribution in [3.05, 3.63) is 35.9 Å². The molecule has 2 N–H and O–H groups in total. The summed E-state index contributed by atoms with van der Waals surface area (Å²) < 4.78 is 0. The van der Waals surface area contributed by atoms with E-state index in [4.69, 9.17) is 10.7 Å². The highest BCUT2D eigenvalue weighted by Gasteiger charge is 2.22. The molecule has 24 heavy (non-hydrogen) atoms. The van der Waals surface area contributed by atoms with E-state index in [2.05, 4.69) is 47.1 Å². The van der Waals surface area contributed by atoms with E-state index in [9.17, 15) is 0 Å². The van der Waals surface area contributed by atoms with Crippen LogP contribution in [0.1, 0.15) is 31.7 Å². The van der Waals surface area contributed by atoms with Crippen LogP contribution in [0.25, 0.3) is 0 Å². The summed E-state index contributed by atoms with van der Waals surface area (Å²) in [5.41, 5.74) is 7.64. The number of piperidine rings is 1. The van der Waals surface area contributed by atoms with Gasteiger partial charge in [-0.15, -0.1) is 0 Å². The minimum atomic E-state index is 0.669. The van der Waals surface area contributed by atoms with Gasteiger partial charge in [-0.25, -0.2) is 0 Å². The van der Waals surface area contributed by atoms with Gasteiger partial charge in [0.05, 0.1) is 0 Å². The fourth-order valence-corrected chi connectivity index (χ4v) is 3.76. The summed E-state index contributed by atoms with van der Waals surface area (Å²) in [5.74, 6) is 2.27. The zero-order chi connectivity index (χ0) is 16.8. The van der Waals surface area contributed by atoms with Gasteiger partial charge >= 0.3 is 0 Å². The lowest BCUT2D eigenvalue weighted by atomic mass is 10.00. The molecule has 2 fully saturated rings. The van der Waals surface area contributed by atoms with Gasteiger partial charge in [-0.1, -0.05) is 37.3 Å². The quantitative estimate of drug-likeness (QED) is 0.667. The molecule has 4 heteroatoms. The Kier molecular flexibility index (Phi) is 6.13. The molecule has 3 rings (SSSR count). The minimum absolute atomic E-state index is 0.669. The molecule has 0 amide bonds. The third-order valence-electron chi connectivity index (χ3n) is 5.55. The van der Waals surface area contributed by atoms with Crippen molar-refractivity contribution < 1.29 is 0 Å². The van der Waals surface area contributed by atoms with Gasteiger partial charge in [-0.05, 0) is 49.6 Å². The first-order valence-corrected chi connectivity index (χ1v) is 9.52. The molecule has 2 heterocycles. The van der Waals surface area contributed by atoms with Gasteiger partial charge in [0, 0.05) is 32.7 Å². The molecule has 4 nitrogen and oxygen atoms in total. The second kappa shape index (κ2) is 8.52. The summed E-state index contributed by atoms with van der Waals surface area (Å²) in [6, 6.07) is 10.8. The zero-order valence-electron chi connectivity index (χ0n) is 15.0. The lowest BCUT2D eigenvalue weighted by Gasteiger charge is -2.31. The molecule has 0 bridgehead atoms. The fourth-order valence-electron chi connectivity index (χ4n) is 3.76. The Bertz CT molecular complexity index is 520. The van der Waals surface area contributed by atoms with Crippen molar-refractivity contribution in [2.45, 2.75) is 32.6 Å². The second-order valence-electron chi connectivity index (χ2n) is 7.56. The Balaban J connectivity index is 1.38. The maximum absolute atomic E-state index is 6.20. The van der Waals surface area contributed by atoms with Crippen LogP contribution >= 0.6 is 0 Å². The van der Waals surface area contributed by atoms with Crippen LogP contribution < -0.4 is 5.73 Å². The normalized spacial score (nSPS) is 23.8. The molecule has 2 aliphatic heterocycles. The number of hydrogen-bond donors (Lipinski definition) is 1. The third kappa shape index (κ3) is 4.97. The maximum Gasteiger partial charge on any atom is 0.191 e. The number of benzene rings is 1. The van der Waals surface area contributed by atoms with E-state index in [1.807, 2.05) is 0 Å². The average molecular weight is 329 g/mol. The van der Waals surface area contributed by atoms with E-state index in [1.165, 1.54) is 37.9 Å². The van der Waals surface area contributed by atoms with Crippen LogP contribution in [0.15, 0.2) is 35.3 Å². The average Bonchev–Trinajstić information content (AvgIpc) is 3.07. The number of hydrogen-bond acceptors (Lipinski definition) is 2. The molecule has 1 aromatic carbocycles. The number of nitrogens with zero attached hydrogens (tertiary/aromatic N) is 3. The van der Waals surface area contributed by atoms with E-state index in [0.29, 0.717) is 5.92 Å². The molecule has 1 unspecified atom stereocenters. The summed E-state index contributed by atoms with van der Waals surface area (Å²) in [7, 11) is 0. The predicted octanol–water partition coefficient (Wildman–Crippen LogP) is 2.60. The number of guanidine groups is 1. The molecule has 0 saturated carbocycles. The number of nitrogens with two attached hydrogens (primary N) is 1. The van der Waals surface area contributed by atoms with Crippen LogP contribution in [0.3, 0.4) is 0 Å². The van der Waals surface area contributed by atoms with E-state index >= 15 is 0 Å². The van der Waals surface area contributed by atoms with Crippen LogP contribution in [0.2, 0.25) is 0 Å². The lowest BCUT2D eigenvalue weighted by Crippen LogP contribution is -2.42. The van der Waals surface area contributed by atoms with Gasteiger partial charge in [0.2, 0.25) is 0 Å². The molecular weight excluding hydrogens is 296 g/mol.